The predicted octanol–water partition coefficient (Wildman–Crippen LogP) is 4.36. The topological polar surface area (TPSA) is 557 Å². The average Bonchev–Trinajstić information content (AvgIpc) is 1.62. The number of phosphoric acid groups is 2. The highest BCUT2D eigenvalue weighted by atomic mass is 31.2. The summed E-state index contributed by atoms with van der Waals surface area (Å²) in [5, 5.41) is 21.2. The molecule has 8 aliphatic heterocycles. The van der Waals surface area contributed by atoms with Gasteiger partial charge in [0, 0.05) is 32.0 Å². The van der Waals surface area contributed by atoms with Gasteiger partial charge in [0.25, 0.3) is 21.7 Å². The molecule has 0 aliphatic carbocycles. The van der Waals surface area contributed by atoms with E-state index in [-0.39, 0.29) is 127 Å². The van der Waals surface area contributed by atoms with Crippen LogP contribution >= 0.6 is 31.1 Å². The summed E-state index contributed by atoms with van der Waals surface area (Å²) in [6.45, 7) is 3.65. The van der Waals surface area contributed by atoms with E-state index in [4.69, 9.17) is 75.7 Å². The third-order valence-corrected chi connectivity index (χ3v) is 22.9. The molecule has 6 aromatic heterocycles. The predicted molar refractivity (Wildman–Crippen MR) is 386 cm³/mol. The van der Waals surface area contributed by atoms with E-state index in [2.05, 4.69) is 67.6 Å². The van der Waals surface area contributed by atoms with Crippen molar-refractivity contribution >= 4 is 127 Å². The molecule has 42 nitrogen and oxygen atoms in total. The molecule has 52 heteroatoms. The van der Waals surface area contributed by atoms with Crippen molar-refractivity contribution in [2.24, 2.45) is 27.4 Å². The second kappa shape index (κ2) is 35.1. The molecule has 0 bridgehead atoms. The largest absolute Gasteiger partial charge is 0.756 e. The second-order valence-corrected chi connectivity index (χ2v) is 31.4. The second-order valence-electron chi connectivity index (χ2n) is 25.6. The van der Waals surface area contributed by atoms with Gasteiger partial charge in [-0.1, -0.05) is 38.7 Å². The molecule has 8 aliphatic rings. The molecule has 20 atom stereocenters. The Morgan fingerprint density at radius 2 is 1.18 bits per heavy atom. The molecule has 14 heterocycles. The van der Waals surface area contributed by atoms with Crippen molar-refractivity contribution in [1.29, 1.82) is 10.5 Å². The standard InChI is InChI=1S/C40H42F2N10O12P2.C21H25BF2N9O10P2.CH5N.B/c1-22(2)25(53)15-24-16-26(54)31-37(49-24)52(20-47-31)40-30(42)34-27(61-40)17-59-65(3,57-13-7-11-43)63-33-28(18-60-66(56,64-34)58-14-8-12-44)62-39(29(33)41)51-21-48-32-35(45-19-46-36(32)51)50-38(55)23-9-5-4-6-10-23;22-44(35)38-2-8-16(12(24)21(40-8)33-5-29-13-7(34)1-10(25)31-19(13)33)43-45(36,37)39-3-9-15(42-44)11(23)20(41-9)32-6-30-14-17(26)27-4-28-18(14)32;1-2;/h4-6,9-10,19-22,27-30,33-34,39-40H,3,7-8,13-18H2,1-2H3,(H,45,46,50,55);4-6,8-9,11-12,15-16,20-21H,1-3H2,22H3,(H2,25,31)(H,36,37)(H2,26,27,28);2H2,1H3;/q;-1;;/p-1/t27-,28?,29-,30-,33-,34-,39-,40-,65?,66?;8-,9?,11-,12-,15-,16-,20-,21-,44?;;/m11../s1. The number of Topliss-reactive ketones (excluding diaryl/α,β-unsaturated/α-hetero) is 3. The summed E-state index contributed by atoms with van der Waals surface area (Å²) >= 11 is 0. The number of halogens is 4. The van der Waals surface area contributed by atoms with E-state index < -0.39 is 188 Å². The van der Waals surface area contributed by atoms with Crippen molar-refractivity contribution in [3.8, 4) is 12.1 Å². The van der Waals surface area contributed by atoms with Crippen LogP contribution < -0.4 is 27.4 Å². The van der Waals surface area contributed by atoms with Crippen LogP contribution in [-0.2, 0) is 82.7 Å². The third-order valence-electron chi connectivity index (χ3n) is 18.0. The quantitative estimate of drug-likeness (QED) is 0.0364. The first-order chi connectivity index (χ1) is 54.0. The molecule has 7 aromatic rings. The van der Waals surface area contributed by atoms with Gasteiger partial charge in [0.05, 0.1) is 97.1 Å². The minimum Gasteiger partial charge on any atom is -0.756 e. The summed E-state index contributed by atoms with van der Waals surface area (Å²) in [7, 11) is -18.0. The zero-order chi connectivity index (χ0) is 80.6. The van der Waals surface area contributed by atoms with Gasteiger partial charge in [-0.3, -0.25) is 55.6 Å². The number of nitrogens with two attached hydrogens (primary N) is 3. The number of alkyl halides is 4. The number of phosphoric ester groups is 2. The number of imidazole rings is 4. The van der Waals surface area contributed by atoms with E-state index in [0.717, 1.165) is 34.4 Å². The fourth-order valence-corrected chi connectivity index (χ4v) is 17.4. The molecule has 1 aromatic carbocycles. The van der Waals surface area contributed by atoms with Gasteiger partial charge in [-0.15, -0.1) is 0 Å². The highest BCUT2D eigenvalue weighted by Crippen LogP contribution is 2.65. The maximum atomic E-state index is 17.1. The van der Waals surface area contributed by atoms with Gasteiger partial charge in [0.15, 0.2) is 119 Å². The summed E-state index contributed by atoms with van der Waals surface area (Å²) < 4.78 is 192. The fourth-order valence-electron chi connectivity index (χ4n) is 12.7. The number of aliphatic imine (C=N–C) groups is 2. The van der Waals surface area contributed by atoms with E-state index in [9.17, 15) is 48.3 Å². The smallest absolute Gasteiger partial charge is 0.475 e. The lowest BCUT2D eigenvalue weighted by molar-refractivity contribution is -0.235. The zero-order valence-corrected chi connectivity index (χ0v) is 63.0. The first-order valence-corrected chi connectivity index (χ1v) is 39.7. The number of nitrogens with zero attached hydrogens (tertiary/aromatic N) is 16. The Kier molecular flexibility index (Phi) is 26.1. The minimum atomic E-state index is -5.34. The number of ether oxygens (including phenoxy) is 4. The Balaban J connectivity index is 0.000000218. The summed E-state index contributed by atoms with van der Waals surface area (Å²) in [4.78, 5) is 105. The normalized spacial score (nSPS) is 32.8. The average molecular weight is 1670 g/mol. The van der Waals surface area contributed by atoms with Gasteiger partial charge >= 0.3 is 7.82 Å². The molecule has 15 rings (SSSR count). The number of fused-ring (bicyclic) bond motifs is 8. The first-order valence-electron chi connectivity index (χ1n) is 34.0. The van der Waals surface area contributed by atoms with Crippen LogP contribution in [0.4, 0.5) is 40.8 Å². The fraction of sp³-hybridized carbons (Fsp3) is 0.500. The lowest BCUT2D eigenvalue weighted by Crippen LogP contribution is -2.38. The van der Waals surface area contributed by atoms with E-state index in [1.807, 2.05) is 12.1 Å². The number of nitriles is 2. The molecular weight excluding hydrogens is 1600 g/mol. The number of nitrogens with one attached hydrogen (secondary N) is 1. The molecule has 6 saturated heterocycles. The van der Waals surface area contributed by atoms with Crippen molar-refractivity contribution in [2.45, 2.75) is 144 Å². The number of benzene rings is 1. The van der Waals surface area contributed by atoms with Crippen molar-refractivity contribution in [2.75, 3.05) is 57.7 Å². The number of carbonyl (C=O) groups excluding carboxylic acids is 4. The Hall–Kier alpha value is -8.53. The summed E-state index contributed by atoms with van der Waals surface area (Å²) in [5.41, 5.74) is 16.9. The van der Waals surface area contributed by atoms with E-state index >= 15 is 17.6 Å². The number of aromatic nitrogens is 12. The lowest BCUT2D eigenvalue weighted by Gasteiger charge is -2.33. The maximum Gasteiger partial charge on any atom is 0.475 e. The zero-order valence-electron chi connectivity index (χ0n) is 59.4. The highest BCUT2D eigenvalue weighted by molar-refractivity contribution is 7.79. The Bertz CT molecular complexity index is 5070. The van der Waals surface area contributed by atoms with Crippen molar-refractivity contribution in [3.63, 3.8) is 0 Å². The summed E-state index contributed by atoms with van der Waals surface area (Å²) in [6, 6.07) is 12.1. The monoisotopic (exact) mass is 1670 g/mol. The van der Waals surface area contributed by atoms with Gasteiger partial charge in [-0.2, -0.15) is 15.0 Å². The number of rotatable bonds is 15. The highest BCUT2D eigenvalue weighted by Gasteiger charge is 2.59. The number of nitrogen functional groups attached to an aromatic ring is 1. The third kappa shape index (κ3) is 17.7. The number of amides is 1. The van der Waals surface area contributed by atoms with Gasteiger partial charge in [0.2, 0.25) is 0 Å². The molecule has 7 N–H and O–H groups in total. The minimum absolute atomic E-state index is 0. The summed E-state index contributed by atoms with van der Waals surface area (Å²) in [5.74, 6) is -2.09. The van der Waals surface area contributed by atoms with Crippen LogP contribution in [0.1, 0.15) is 102 Å². The van der Waals surface area contributed by atoms with Crippen molar-refractivity contribution in [1.82, 2.24) is 58.1 Å². The van der Waals surface area contributed by atoms with Gasteiger partial charge < -0.3 is 69.0 Å². The molecule has 0 saturated carbocycles. The van der Waals surface area contributed by atoms with E-state index in [1.54, 1.807) is 44.2 Å². The lowest BCUT2D eigenvalue weighted by atomic mass is 9.98. The molecule has 6 unspecified atom stereocenters. The molecular formula is C62H71B2F4N20O22P4-2. The van der Waals surface area contributed by atoms with Crippen LogP contribution in [0.2, 0.25) is 0 Å². The Morgan fingerprint density at radius 3 is 1.81 bits per heavy atom. The molecule has 607 valence electrons. The first kappa shape index (κ1) is 84.9. The summed E-state index contributed by atoms with van der Waals surface area (Å²) in [6.07, 6.45) is -21.9. The van der Waals surface area contributed by atoms with Crippen molar-refractivity contribution in [3.05, 3.63) is 91.9 Å². The molecule has 6 fully saturated rings. The molecule has 1 amide bonds. The number of hydrogen-bond acceptors (Lipinski definition) is 37. The number of ketones is 3. The van der Waals surface area contributed by atoms with Crippen LogP contribution in [0.3, 0.4) is 0 Å². The molecule has 114 heavy (non-hydrogen) atoms. The number of hydrogen-bond donors (Lipinski definition) is 4. The Morgan fingerprint density at radius 1 is 0.675 bits per heavy atom. The number of amidine groups is 1. The maximum absolute atomic E-state index is 17.1. The van der Waals surface area contributed by atoms with E-state index in [1.165, 1.54) is 28.8 Å². The van der Waals surface area contributed by atoms with Gasteiger partial charge in [0.1, 0.15) is 93.2 Å². The molecule has 3 radical (unpaired) electrons. The van der Waals surface area contributed by atoms with Crippen LogP contribution in [-0.4, -0.2) is 229 Å². The van der Waals surface area contributed by atoms with Crippen LogP contribution in [0.15, 0.2) is 78.3 Å². The van der Waals surface area contributed by atoms with Crippen LogP contribution in [0.25, 0.3) is 22.3 Å². The van der Waals surface area contributed by atoms with E-state index in [0.29, 0.717) is 5.56 Å². The van der Waals surface area contributed by atoms with Crippen LogP contribution in [0, 0.1) is 35.2 Å². The Labute approximate surface area is 646 Å². The van der Waals surface area contributed by atoms with Gasteiger partial charge in [-0.05, 0) is 19.2 Å². The molecule has 0 spiro atoms. The van der Waals surface area contributed by atoms with Crippen molar-refractivity contribution < 1.29 is 120 Å². The van der Waals surface area contributed by atoms with Gasteiger partial charge in [-0.25, -0.2) is 81.0 Å². The SMILES string of the molecule is CN.[BH3-]P1(=O)OC[C@H]2O[C@@H](n3cnc4c3N=C(N)CC4=O)[C@H](F)[C@@H]2OP(=O)([O-])OCC2O[C@@H](n3cnc4c(N)ncnc43)[C@H](F)[C@@H]2O1.[B].[CH2-][P+]1(OCCC#N)OC[C@H]2O[C@@H](n3cnc4c3N=C(CC(=O)C(C)C)CC4=O)[C@H](F)[C@@H]2OP(=O)(OCCC#N)OCC2O[C@@H](n3cnc4c(NC(=O)c5ccccc5)ncnc43)[C@H](F)[C@@H]2O1. The van der Waals surface area contributed by atoms with Crippen LogP contribution in [0.5, 0.6) is 0 Å². The number of anilines is 2. The number of carbonyl (C=O) groups is 4.